The van der Waals surface area contributed by atoms with Gasteiger partial charge in [-0.05, 0) is 43.5 Å². The number of rotatable bonds is 7. The third kappa shape index (κ3) is 6.15. The Hall–Kier alpha value is -2.41. The van der Waals surface area contributed by atoms with E-state index in [0.717, 1.165) is 11.1 Å². The summed E-state index contributed by atoms with van der Waals surface area (Å²) < 4.78 is 10.3. The molecule has 1 aliphatic rings. The molecule has 0 spiro atoms. The molecular weight excluding hydrogens is 336 g/mol. The standard InChI is InChI=1S/C19H26N2O5/c1-14-5-6-16(12-15(14)2)19(24)20-13-18(23)26-9-3-4-17(22)21-7-10-25-11-8-21/h5-6,12H,3-4,7-11,13H2,1-2H3,(H,20,24). The minimum Gasteiger partial charge on any atom is -0.464 e. The molecule has 26 heavy (non-hydrogen) atoms. The Morgan fingerprint density at radius 2 is 1.88 bits per heavy atom. The van der Waals surface area contributed by atoms with E-state index in [1.165, 1.54) is 0 Å². The summed E-state index contributed by atoms with van der Waals surface area (Å²) in [5, 5.41) is 2.54. The van der Waals surface area contributed by atoms with Crippen molar-refractivity contribution >= 4 is 17.8 Å². The van der Waals surface area contributed by atoms with E-state index in [1.807, 2.05) is 19.9 Å². The Labute approximate surface area is 153 Å². The first-order valence-corrected chi connectivity index (χ1v) is 8.84. The maximum atomic E-state index is 12.0. The molecule has 2 rings (SSSR count). The Morgan fingerprint density at radius 1 is 1.15 bits per heavy atom. The van der Waals surface area contributed by atoms with Crippen molar-refractivity contribution < 1.29 is 23.9 Å². The molecule has 1 aliphatic heterocycles. The molecule has 1 fully saturated rings. The van der Waals surface area contributed by atoms with E-state index >= 15 is 0 Å². The lowest BCUT2D eigenvalue weighted by Crippen LogP contribution is -2.40. The number of morpholine rings is 1. The van der Waals surface area contributed by atoms with Gasteiger partial charge in [0, 0.05) is 25.1 Å². The zero-order valence-electron chi connectivity index (χ0n) is 15.4. The van der Waals surface area contributed by atoms with Crippen molar-refractivity contribution in [2.45, 2.75) is 26.7 Å². The van der Waals surface area contributed by atoms with Gasteiger partial charge in [-0.15, -0.1) is 0 Å². The van der Waals surface area contributed by atoms with Crippen LogP contribution in [0.4, 0.5) is 0 Å². The maximum Gasteiger partial charge on any atom is 0.325 e. The van der Waals surface area contributed by atoms with Gasteiger partial charge in [0.25, 0.3) is 5.91 Å². The molecular formula is C19H26N2O5. The topological polar surface area (TPSA) is 84.9 Å². The number of amides is 2. The summed E-state index contributed by atoms with van der Waals surface area (Å²) in [6.45, 7) is 6.24. The predicted molar refractivity (Wildman–Crippen MR) is 95.8 cm³/mol. The average molecular weight is 362 g/mol. The summed E-state index contributed by atoms with van der Waals surface area (Å²) >= 11 is 0. The number of carbonyl (C=O) groups is 3. The fourth-order valence-electron chi connectivity index (χ4n) is 2.57. The Bertz CT molecular complexity index is 653. The molecule has 1 aromatic rings. The van der Waals surface area contributed by atoms with E-state index in [-0.39, 0.29) is 25.0 Å². The molecule has 142 valence electrons. The van der Waals surface area contributed by atoms with Gasteiger partial charge < -0.3 is 19.7 Å². The lowest BCUT2D eigenvalue weighted by atomic mass is 10.1. The molecule has 0 unspecified atom stereocenters. The van der Waals surface area contributed by atoms with Crippen LogP contribution in [0.3, 0.4) is 0 Å². The summed E-state index contributed by atoms with van der Waals surface area (Å²) in [5.41, 5.74) is 2.63. The zero-order chi connectivity index (χ0) is 18.9. The molecule has 1 saturated heterocycles. The van der Waals surface area contributed by atoms with Gasteiger partial charge in [0.05, 0.1) is 19.8 Å². The summed E-state index contributed by atoms with van der Waals surface area (Å²) in [4.78, 5) is 37.4. The van der Waals surface area contributed by atoms with Crippen molar-refractivity contribution in [1.29, 1.82) is 0 Å². The molecule has 0 bridgehead atoms. The van der Waals surface area contributed by atoms with E-state index in [2.05, 4.69) is 5.32 Å². The van der Waals surface area contributed by atoms with Crippen LogP contribution in [0.1, 0.15) is 34.3 Å². The third-order valence-corrected chi connectivity index (χ3v) is 4.32. The Morgan fingerprint density at radius 3 is 2.58 bits per heavy atom. The fourth-order valence-corrected chi connectivity index (χ4v) is 2.57. The average Bonchev–Trinajstić information content (AvgIpc) is 2.66. The van der Waals surface area contributed by atoms with Gasteiger partial charge in [0.15, 0.2) is 0 Å². The second-order valence-electron chi connectivity index (χ2n) is 6.30. The minimum atomic E-state index is -0.513. The van der Waals surface area contributed by atoms with Gasteiger partial charge in [-0.2, -0.15) is 0 Å². The highest BCUT2D eigenvalue weighted by Crippen LogP contribution is 2.09. The molecule has 2 amide bonds. The van der Waals surface area contributed by atoms with Crippen molar-refractivity contribution in [2.24, 2.45) is 0 Å². The second-order valence-corrected chi connectivity index (χ2v) is 6.30. The van der Waals surface area contributed by atoms with Crippen LogP contribution in [0.15, 0.2) is 18.2 Å². The molecule has 1 heterocycles. The van der Waals surface area contributed by atoms with Gasteiger partial charge in [-0.1, -0.05) is 6.07 Å². The van der Waals surface area contributed by atoms with Crippen LogP contribution < -0.4 is 5.32 Å². The van der Waals surface area contributed by atoms with Crippen LogP contribution in [-0.4, -0.2) is 62.1 Å². The SMILES string of the molecule is Cc1ccc(C(=O)NCC(=O)OCCCC(=O)N2CCOCC2)cc1C. The van der Waals surface area contributed by atoms with Crippen molar-refractivity contribution in [3.63, 3.8) is 0 Å². The first kappa shape index (κ1) is 19.9. The number of nitrogens with zero attached hydrogens (tertiary/aromatic N) is 1. The summed E-state index contributed by atoms with van der Waals surface area (Å²) in [6.07, 6.45) is 0.801. The number of hydrogen-bond donors (Lipinski definition) is 1. The first-order valence-electron chi connectivity index (χ1n) is 8.84. The van der Waals surface area contributed by atoms with E-state index in [1.54, 1.807) is 17.0 Å². The van der Waals surface area contributed by atoms with Gasteiger partial charge in [-0.3, -0.25) is 14.4 Å². The van der Waals surface area contributed by atoms with Crippen molar-refractivity contribution in [3.05, 3.63) is 34.9 Å². The van der Waals surface area contributed by atoms with Crippen molar-refractivity contribution in [3.8, 4) is 0 Å². The van der Waals surface area contributed by atoms with Gasteiger partial charge in [-0.25, -0.2) is 0 Å². The summed E-state index contributed by atoms with van der Waals surface area (Å²) in [6, 6.07) is 5.38. The van der Waals surface area contributed by atoms with E-state index in [0.29, 0.717) is 44.7 Å². The van der Waals surface area contributed by atoms with Gasteiger partial charge in [0.2, 0.25) is 5.91 Å². The molecule has 1 aromatic carbocycles. The third-order valence-electron chi connectivity index (χ3n) is 4.32. The number of benzene rings is 1. The number of ether oxygens (including phenoxy) is 2. The highest BCUT2D eigenvalue weighted by molar-refractivity contribution is 5.96. The van der Waals surface area contributed by atoms with Crippen LogP contribution in [0.2, 0.25) is 0 Å². The van der Waals surface area contributed by atoms with Gasteiger partial charge >= 0.3 is 5.97 Å². The predicted octanol–water partition coefficient (Wildman–Crippen LogP) is 1.22. The van der Waals surface area contributed by atoms with E-state index < -0.39 is 5.97 Å². The van der Waals surface area contributed by atoms with Crippen molar-refractivity contribution in [1.82, 2.24) is 10.2 Å². The van der Waals surface area contributed by atoms with Crippen LogP contribution >= 0.6 is 0 Å². The van der Waals surface area contributed by atoms with Crippen LogP contribution in [0.5, 0.6) is 0 Å². The number of aryl methyl sites for hydroxylation is 2. The highest BCUT2D eigenvalue weighted by Gasteiger charge is 2.16. The van der Waals surface area contributed by atoms with E-state index in [9.17, 15) is 14.4 Å². The molecule has 7 nitrogen and oxygen atoms in total. The molecule has 0 atom stereocenters. The smallest absolute Gasteiger partial charge is 0.325 e. The monoisotopic (exact) mass is 362 g/mol. The first-order chi connectivity index (χ1) is 12.5. The number of carbonyl (C=O) groups excluding carboxylic acids is 3. The molecule has 0 radical (unpaired) electrons. The molecule has 7 heteroatoms. The fraction of sp³-hybridized carbons (Fsp3) is 0.526. The normalized spacial score (nSPS) is 14.0. The minimum absolute atomic E-state index is 0.0485. The molecule has 0 saturated carbocycles. The summed E-state index contributed by atoms with van der Waals surface area (Å²) in [5.74, 6) is -0.777. The highest BCUT2D eigenvalue weighted by atomic mass is 16.5. The largest absolute Gasteiger partial charge is 0.464 e. The summed E-state index contributed by atoms with van der Waals surface area (Å²) in [7, 11) is 0. The van der Waals surface area contributed by atoms with Crippen LogP contribution in [0, 0.1) is 13.8 Å². The quantitative estimate of drug-likeness (QED) is 0.582. The molecule has 0 aromatic heterocycles. The van der Waals surface area contributed by atoms with Crippen LogP contribution in [0.25, 0.3) is 0 Å². The molecule has 1 N–H and O–H groups in total. The van der Waals surface area contributed by atoms with Gasteiger partial charge in [0.1, 0.15) is 6.54 Å². The van der Waals surface area contributed by atoms with E-state index in [4.69, 9.17) is 9.47 Å². The lowest BCUT2D eigenvalue weighted by molar-refractivity contribution is -0.143. The number of nitrogens with one attached hydrogen (secondary N) is 1. The zero-order valence-corrected chi connectivity index (χ0v) is 15.4. The Balaban J connectivity index is 1.61. The Kier molecular flexibility index (Phi) is 7.59. The maximum absolute atomic E-state index is 12.0. The van der Waals surface area contributed by atoms with Crippen molar-refractivity contribution in [2.75, 3.05) is 39.5 Å². The number of hydrogen-bond acceptors (Lipinski definition) is 5. The number of esters is 1. The molecule has 0 aliphatic carbocycles. The lowest BCUT2D eigenvalue weighted by Gasteiger charge is -2.26. The van der Waals surface area contributed by atoms with Crippen LogP contribution in [-0.2, 0) is 19.1 Å². The second kappa shape index (κ2) is 9.91.